The molecule has 0 radical (unpaired) electrons. The molecule has 2 aromatic carbocycles. The fourth-order valence-corrected chi connectivity index (χ4v) is 4.17. The molecule has 0 aliphatic carbocycles. The van der Waals surface area contributed by atoms with Crippen molar-refractivity contribution in [2.45, 2.75) is 13.3 Å². The minimum Gasteiger partial charge on any atom is -0.496 e. The standard InChI is InChI=1S/C24H31N5O2/c1-4-28-13-15-29(16-14-28)12-11-23-26-20-17-18(9-10-21(20)27(23)2)25-24(30)19-7-5-6-8-22(19)31-3/h5-10,17H,4,11-16H2,1-3H3,(H,25,30). The van der Waals surface area contributed by atoms with Gasteiger partial charge in [-0.1, -0.05) is 19.1 Å². The van der Waals surface area contributed by atoms with Gasteiger partial charge in [0.25, 0.3) is 5.91 Å². The van der Waals surface area contributed by atoms with Crippen LogP contribution in [0.4, 0.5) is 5.69 Å². The fourth-order valence-electron chi connectivity index (χ4n) is 4.17. The van der Waals surface area contributed by atoms with Crippen LogP contribution >= 0.6 is 0 Å². The molecule has 1 N–H and O–H groups in total. The summed E-state index contributed by atoms with van der Waals surface area (Å²) in [6, 6.07) is 13.1. The smallest absolute Gasteiger partial charge is 0.259 e. The van der Waals surface area contributed by atoms with E-state index in [-0.39, 0.29) is 5.91 Å². The first-order chi connectivity index (χ1) is 15.1. The van der Waals surface area contributed by atoms with E-state index in [9.17, 15) is 4.79 Å². The van der Waals surface area contributed by atoms with Crippen LogP contribution in [-0.4, -0.2) is 71.6 Å². The summed E-state index contributed by atoms with van der Waals surface area (Å²) >= 11 is 0. The van der Waals surface area contributed by atoms with Crippen molar-refractivity contribution in [2.75, 3.05) is 51.7 Å². The van der Waals surface area contributed by atoms with E-state index >= 15 is 0 Å². The number of carbonyl (C=O) groups excluding carboxylic acids is 1. The quantitative estimate of drug-likeness (QED) is 0.635. The number of nitrogens with one attached hydrogen (secondary N) is 1. The van der Waals surface area contributed by atoms with Crippen LogP contribution in [-0.2, 0) is 13.5 Å². The number of para-hydroxylation sites is 1. The molecule has 2 heterocycles. The van der Waals surface area contributed by atoms with Gasteiger partial charge in [-0.25, -0.2) is 4.98 Å². The summed E-state index contributed by atoms with van der Waals surface area (Å²) in [6.07, 6.45) is 0.917. The topological polar surface area (TPSA) is 62.6 Å². The number of ether oxygens (including phenoxy) is 1. The molecule has 3 aromatic rings. The van der Waals surface area contributed by atoms with Crippen molar-refractivity contribution in [3.63, 3.8) is 0 Å². The summed E-state index contributed by atoms with van der Waals surface area (Å²) in [5, 5.41) is 2.97. The number of rotatable bonds is 7. The molecule has 0 unspecified atom stereocenters. The maximum Gasteiger partial charge on any atom is 0.259 e. The predicted molar refractivity (Wildman–Crippen MR) is 124 cm³/mol. The first kappa shape index (κ1) is 21.3. The van der Waals surface area contributed by atoms with Crippen molar-refractivity contribution in [1.82, 2.24) is 19.4 Å². The number of anilines is 1. The Bertz CT molecular complexity index is 1050. The van der Waals surface area contributed by atoms with Gasteiger partial charge >= 0.3 is 0 Å². The summed E-state index contributed by atoms with van der Waals surface area (Å²) in [5.41, 5.74) is 3.20. The number of fused-ring (bicyclic) bond motifs is 1. The van der Waals surface area contributed by atoms with Crippen LogP contribution in [0.1, 0.15) is 23.1 Å². The highest BCUT2D eigenvalue weighted by atomic mass is 16.5. The highest BCUT2D eigenvalue weighted by Gasteiger charge is 2.17. The number of hydrogen-bond acceptors (Lipinski definition) is 5. The monoisotopic (exact) mass is 421 g/mol. The summed E-state index contributed by atoms with van der Waals surface area (Å²) < 4.78 is 7.46. The number of hydrogen-bond donors (Lipinski definition) is 1. The van der Waals surface area contributed by atoms with Gasteiger partial charge in [0.15, 0.2) is 0 Å². The molecule has 7 heteroatoms. The third-order valence-corrected chi connectivity index (χ3v) is 6.15. The van der Waals surface area contributed by atoms with E-state index in [2.05, 4.69) is 33.7 Å². The molecule has 4 rings (SSSR count). The Morgan fingerprint density at radius 3 is 2.58 bits per heavy atom. The Balaban J connectivity index is 1.44. The van der Waals surface area contributed by atoms with Crippen molar-refractivity contribution >= 4 is 22.6 Å². The lowest BCUT2D eigenvalue weighted by Gasteiger charge is -2.33. The highest BCUT2D eigenvalue weighted by Crippen LogP contribution is 2.23. The molecule has 0 bridgehead atoms. The molecule has 0 atom stereocenters. The van der Waals surface area contributed by atoms with Crippen LogP contribution in [0, 0.1) is 0 Å². The molecule has 1 aliphatic rings. The number of methoxy groups -OCH3 is 1. The van der Waals surface area contributed by atoms with E-state index in [4.69, 9.17) is 9.72 Å². The molecule has 1 aromatic heterocycles. The number of aryl methyl sites for hydroxylation is 1. The second kappa shape index (κ2) is 9.49. The molecule has 1 fully saturated rings. The van der Waals surface area contributed by atoms with Gasteiger partial charge < -0.3 is 24.4 Å². The Morgan fingerprint density at radius 2 is 1.84 bits per heavy atom. The van der Waals surface area contributed by atoms with Crippen LogP contribution in [0.15, 0.2) is 42.5 Å². The number of likely N-dealkylation sites (N-methyl/N-ethyl adjacent to an activating group) is 1. The zero-order chi connectivity index (χ0) is 21.8. The van der Waals surface area contributed by atoms with E-state index in [0.717, 1.165) is 68.2 Å². The first-order valence-corrected chi connectivity index (χ1v) is 10.9. The molecule has 164 valence electrons. The van der Waals surface area contributed by atoms with E-state index < -0.39 is 0 Å². The molecule has 1 saturated heterocycles. The molecule has 1 aliphatic heterocycles. The van der Waals surface area contributed by atoms with Crippen molar-refractivity contribution in [3.05, 3.63) is 53.9 Å². The molecule has 0 saturated carbocycles. The van der Waals surface area contributed by atoms with Crippen LogP contribution in [0.2, 0.25) is 0 Å². The van der Waals surface area contributed by atoms with Gasteiger partial charge in [-0.05, 0) is 36.9 Å². The number of amides is 1. The Labute approximate surface area is 183 Å². The fraction of sp³-hybridized carbons (Fsp3) is 0.417. The second-order valence-corrected chi connectivity index (χ2v) is 7.97. The largest absolute Gasteiger partial charge is 0.496 e. The van der Waals surface area contributed by atoms with Crippen molar-refractivity contribution in [2.24, 2.45) is 7.05 Å². The maximum absolute atomic E-state index is 12.7. The van der Waals surface area contributed by atoms with Gasteiger partial charge in [0.2, 0.25) is 0 Å². The van der Waals surface area contributed by atoms with E-state index in [1.807, 2.05) is 30.3 Å². The zero-order valence-electron chi connectivity index (χ0n) is 18.6. The van der Waals surface area contributed by atoms with Crippen LogP contribution in [0.3, 0.4) is 0 Å². The van der Waals surface area contributed by atoms with Gasteiger partial charge in [-0.2, -0.15) is 0 Å². The number of aromatic nitrogens is 2. The van der Waals surface area contributed by atoms with Gasteiger partial charge in [-0.3, -0.25) is 4.79 Å². The van der Waals surface area contributed by atoms with Crippen molar-refractivity contribution < 1.29 is 9.53 Å². The summed E-state index contributed by atoms with van der Waals surface area (Å²) in [5.74, 6) is 1.43. The maximum atomic E-state index is 12.7. The molecule has 7 nitrogen and oxygen atoms in total. The van der Waals surface area contributed by atoms with Gasteiger partial charge in [0, 0.05) is 51.9 Å². The zero-order valence-corrected chi connectivity index (χ0v) is 18.6. The lowest BCUT2D eigenvalue weighted by Crippen LogP contribution is -2.46. The Kier molecular flexibility index (Phi) is 6.53. The molecule has 1 amide bonds. The van der Waals surface area contributed by atoms with E-state index in [1.165, 1.54) is 0 Å². The van der Waals surface area contributed by atoms with Crippen molar-refractivity contribution in [1.29, 1.82) is 0 Å². The second-order valence-electron chi connectivity index (χ2n) is 7.97. The minimum absolute atomic E-state index is 0.195. The van der Waals surface area contributed by atoms with Gasteiger partial charge in [0.05, 0.1) is 23.7 Å². The van der Waals surface area contributed by atoms with Crippen LogP contribution in [0.25, 0.3) is 11.0 Å². The van der Waals surface area contributed by atoms with Crippen LogP contribution < -0.4 is 10.1 Å². The van der Waals surface area contributed by atoms with Crippen molar-refractivity contribution in [3.8, 4) is 5.75 Å². The summed E-state index contributed by atoms with van der Waals surface area (Å²) in [7, 11) is 3.63. The molecular weight excluding hydrogens is 390 g/mol. The summed E-state index contributed by atoms with van der Waals surface area (Å²) in [6.45, 7) is 8.92. The predicted octanol–water partition coefficient (Wildman–Crippen LogP) is 3.01. The number of nitrogens with zero attached hydrogens (tertiary/aromatic N) is 4. The first-order valence-electron chi connectivity index (χ1n) is 10.9. The lowest BCUT2D eigenvalue weighted by atomic mass is 10.2. The average Bonchev–Trinajstić information content (AvgIpc) is 3.12. The number of piperazine rings is 1. The Morgan fingerprint density at radius 1 is 1.10 bits per heavy atom. The highest BCUT2D eigenvalue weighted by molar-refractivity contribution is 6.06. The minimum atomic E-state index is -0.195. The summed E-state index contributed by atoms with van der Waals surface area (Å²) in [4.78, 5) is 22.6. The molecular formula is C24H31N5O2. The van der Waals surface area contributed by atoms with Gasteiger partial charge in [0.1, 0.15) is 11.6 Å². The van der Waals surface area contributed by atoms with E-state index in [0.29, 0.717) is 11.3 Å². The van der Waals surface area contributed by atoms with E-state index in [1.54, 1.807) is 19.2 Å². The van der Waals surface area contributed by atoms with Crippen LogP contribution in [0.5, 0.6) is 5.75 Å². The third kappa shape index (κ3) is 4.73. The Hall–Kier alpha value is -2.90. The normalized spacial score (nSPS) is 15.3. The average molecular weight is 422 g/mol. The van der Waals surface area contributed by atoms with Gasteiger partial charge in [-0.15, -0.1) is 0 Å². The number of imidazole rings is 1. The third-order valence-electron chi connectivity index (χ3n) is 6.15. The lowest BCUT2D eigenvalue weighted by molar-refractivity contribution is 0.102. The molecule has 31 heavy (non-hydrogen) atoms. The molecule has 0 spiro atoms. The number of benzene rings is 2. The SMILES string of the molecule is CCN1CCN(CCc2nc3cc(NC(=O)c4ccccc4OC)ccc3n2C)CC1. The number of carbonyl (C=O) groups is 1.